The highest BCUT2D eigenvalue weighted by Crippen LogP contribution is 2.49. The molecule has 1 aliphatic heterocycles. The molecule has 9 aromatic rings. The summed E-state index contributed by atoms with van der Waals surface area (Å²) in [5.74, 6) is 1.13. The third-order valence-corrected chi connectivity index (χ3v) is 15.4. The van der Waals surface area contributed by atoms with Crippen molar-refractivity contribution in [1.29, 1.82) is 0 Å². The van der Waals surface area contributed by atoms with Crippen LogP contribution < -0.4 is 15.4 Å². The third-order valence-electron chi connectivity index (χ3n) is 14.8. The van der Waals surface area contributed by atoms with Gasteiger partial charge in [0.1, 0.15) is 52.2 Å². The molecular formula is C55H56Cl2N12O6. The number of anilines is 2. The van der Waals surface area contributed by atoms with Gasteiger partial charge >= 0.3 is 0 Å². The van der Waals surface area contributed by atoms with Crippen molar-refractivity contribution in [2.75, 3.05) is 17.7 Å². The average molecular weight is 1050 g/mol. The summed E-state index contributed by atoms with van der Waals surface area (Å²) in [6.45, 7) is 6.04. The van der Waals surface area contributed by atoms with Gasteiger partial charge < -0.3 is 38.9 Å². The molecule has 0 spiro atoms. The highest BCUT2D eigenvalue weighted by atomic mass is 35.5. The van der Waals surface area contributed by atoms with E-state index in [-0.39, 0.29) is 42.1 Å². The number of halogens is 2. The Labute approximate surface area is 441 Å². The quantitative estimate of drug-likeness (QED) is 0.0790. The molecule has 18 nitrogen and oxygen atoms in total. The second-order valence-electron chi connectivity index (χ2n) is 20.1. The number of nitrogens with one attached hydrogen (secondary N) is 2. The molecule has 3 aliphatic rings. The van der Waals surface area contributed by atoms with Crippen LogP contribution in [0.3, 0.4) is 0 Å². The van der Waals surface area contributed by atoms with E-state index in [9.17, 15) is 15.0 Å². The maximum Gasteiger partial charge on any atom is 0.229 e. The topological polar surface area (TPSA) is 222 Å². The summed E-state index contributed by atoms with van der Waals surface area (Å²) in [6, 6.07) is 24.0. The number of aliphatic hydroxyl groups excluding tert-OH is 2. The van der Waals surface area contributed by atoms with Gasteiger partial charge in [0.2, 0.25) is 17.8 Å². The number of ether oxygens (including phenoxy) is 3. The molecule has 2 aliphatic carbocycles. The Kier molecular flexibility index (Phi) is 14.1. The molecule has 7 heterocycles. The molecule has 1 amide bonds. The highest BCUT2D eigenvalue weighted by molar-refractivity contribution is 6.34. The Morgan fingerprint density at radius 1 is 0.693 bits per heavy atom. The fourth-order valence-electron chi connectivity index (χ4n) is 11.1. The number of aliphatic hydroxyl groups is 2. The number of rotatable bonds is 13. The summed E-state index contributed by atoms with van der Waals surface area (Å²) in [5, 5.41) is 31.8. The number of amides is 1. The van der Waals surface area contributed by atoms with Crippen molar-refractivity contribution in [2.45, 2.75) is 108 Å². The SMILES string of the molecule is CC(=O)Nc1ncc2ccc(CC[C@H]3C[C@@H](n4ccc5c(Cl)ncnc54)[C@H](O)[C@@H]3O)cc2n1.COc1ccc(CNc2ncc3ccc(CCC4C[C@@H](n5ccc6c(Cl)ncnc65)[C@@H]5OC(C)(C)O[C@H]45)cc3n2)cc1. The van der Waals surface area contributed by atoms with Gasteiger partial charge in [-0.15, -0.1) is 0 Å². The zero-order valence-corrected chi connectivity index (χ0v) is 43.2. The van der Waals surface area contributed by atoms with E-state index in [0.29, 0.717) is 47.2 Å². The zero-order valence-electron chi connectivity index (χ0n) is 41.7. The molecule has 3 aromatic carbocycles. The largest absolute Gasteiger partial charge is 0.497 e. The lowest BCUT2D eigenvalue weighted by Gasteiger charge is -2.24. The smallest absolute Gasteiger partial charge is 0.229 e. The van der Waals surface area contributed by atoms with Crippen molar-refractivity contribution in [2.24, 2.45) is 11.8 Å². The van der Waals surface area contributed by atoms with Crippen molar-refractivity contribution >= 4 is 84.9 Å². The molecule has 3 fully saturated rings. The van der Waals surface area contributed by atoms with Crippen LogP contribution in [0.1, 0.15) is 75.2 Å². The van der Waals surface area contributed by atoms with Gasteiger partial charge in [-0.1, -0.05) is 59.6 Å². The predicted molar refractivity (Wildman–Crippen MR) is 286 cm³/mol. The fourth-order valence-corrected chi connectivity index (χ4v) is 11.5. The summed E-state index contributed by atoms with van der Waals surface area (Å²) in [6.07, 6.45) is 13.5. The lowest BCUT2D eigenvalue weighted by Crippen LogP contribution is -2.29. The summed E-state index contributed by atoms with van der Waals surface area (Å²) in [4.78, 5) is 46.1. The predicted octanol–water partition coefficient (Wildman–Crippen LogP) is 9.26. The number of aryl methyl sites for hydroxylation is 2. The summed E-state index contributed by atoms with van der Waals surface area (Å²) in [7, 11) is 1.67. The lowest BCUT2D eigenvalue weighted by molar-refractivity contribution is -0.160. The molecule has 20 heteroatoms. The van der Waals surface area contributed by atoms with Gasteiger partial charge in [0.25, 0.3) is 0 Å². The summed E-state index contributed by atoms with van der Waals surface area (Å²) < 4.78 is 22.2. The molecule has 6 aromatic heterocycles. The highest BCUT2D eigenvalue weighted by Gasteiger charge is 2.54. The van der Waals surface area contributed by atoms with E-state index in [1.54, 1.807) is 13.3 Å². The maximum absolute atomic E-state index is 11.3. The number of aromatic nitrogens is 10. The van der Waals surface area contributed by atoms with Crippen molar-refractivity contribution in [3.63, 3.8) is 0 Å². The Morgan fingerprint density at radius 2 is 1.24 bits per heavy atom. The average Bonchev–Trinajstić information content (AvgIpc) is 4.24. The zero-order chi connectivity index (χ0) is 52.0. The van der Waals surface area contributed by atoms with Crippen molar-refractivity contribution in [1.82, 2.24) is 49.0 Å². The first-order valence-corrected chi connectivity index (χ1v) is 25.8. The van der Waals surface area contributed by atoms with Gasteiger partial charge in [-0.2, -0.15) is 0 Å². The van der Waals surface area contributed by atoms with Crippen LogP contribution in [-0.4, -0.2) is 102 Å². The van der Waals surface area contributed by atoms with Crippen LogP contribution in [0.25, 0.3) is 43.9 Å². The van der Waals surface area contributed by atoms with Crippen LogP contribution >= 0.6 is 23.2 Å². The number of carbonyl (C=O) groups excluding carboxylic acids is 1. The molecule has 1 unspecified atom stereocenters. The number of hydrogen-bond acceptors (Lipinski definition) is 15. The van der Waals surface area contributed by atoms with Gasteiger partial charge in [-0.05, 0) is 117 Å². The van der Waals surface area contributed by atoms with Crippen molar-refractivity contribution in [3.05, 3.63) is 137 Å². The van der Waals surface area contributed by atoms with Crippen LogP contribution in [0.5, 0.6) is 5.75 Å². The van der Waals surface area contributed by atoms with Crippen LogP contribution in [-0.2, 0) is 33.7 Å². The molecule has 12 rings (SSSR count). The number of benzene rings is 3. The second kappa shape index (κ2) is 21.0. The lowest BCUT2D eigenvalue weighted by atomic mass is 9.95. The second-order valence-corrected chi connectivity index (χ2v) is 20.8. The number of methoxy groups -OCH3 is 1. The fraction of sp³-hybridized carbons (Fsp3) is 0.364. The maximum atomic E-state index is 11.3. The first kappa shape index (κ1) is 50.2. The molecule has 1 saturated heterocycles. The monoisotopic (exact) mass is 1050 g/mol. The van der Waals surface area contributed by atoms with Crippen LogP contribution in [0.4, 0.5) is 11.9 Å². The standard InChI is InChI=1S/C32H33ClN6O3.C23H23ClN6O3/c1-32(2)41-27-21(15-26(28(27)42-32)39-13-12-24-29(33)36-18-37-30(24)39)8-4-19-5-9-22-17-35-31(38-25(22)14-19)34-16-20-6-10-23(40-3)11-7-20;1-12(31)28-23-25-10-15-5-3-13(8-17(15)29-23)2-4-14-9-18(20(33)19(14)32)30-7-6-16-21(24)26-11-27-22(16)30/h5-7,9-14,17-18,21,26-28H,4,8,15-16H2,1-3H3,(H,34,35,38);3,5-8,10-11,14,18-20,32-33H,2,4,9H2,1H3,(H,25,28,29,31)/t21?,26-,27-,28+;14-,18+,19+,20-/m10/s1. The van der Waals surface area contributed by atoms with Crippen molar-refractivity contribution in [3.8, 4) is 5.75 Å². The van der Waals surface area contributed by atoms with Gasteiger partial charge in [-0.3, -0.25) is 10.1 Å². The molecule has 4 N–H and O–H groups in total. The Balaban J connectivity index is 0.000000165. The molecule has 0 radical (unpaired) electrons. The number of fused-ring (bicyclic) bond motifs is 5. The Morgan fingerprint density at radius 3 is 1.85 bits per heavy atom. The van der Waals surface area contributed by atoms with E-state index in [1.165, 1.54) is 25.1 Å². The first-order valence-electron chi connectivity index (χ1n) is 25.1. The van der Waals surface area contributed by atoms with E-state index >= 15 is 0 Å². The van der Waals surface area contributed by atoms with Crippen LogP contribution in [0.2, 0.25) is 10.3 Å². The molecular weight excluding hydrogens is 996 g/mol. The molecule has 2 saturated carbocycles. The van der Waals surface area contributed by atoms with E-state index in [0.717, 1.165) is 80.8 Å². The summed E-state index contributed by atoms with van der Waals surface area (Å²) in [5.41, 5.74) is 6.59. The third kappa shape index (κ3) is 10.5. The Bertz CT molecular complexity index is 3540. The van der Waals surface area contributed by atoms with Gasteiger partial charge in [-0.25, -0.2) is 39.9 Å². The number of hydrogen-bond donors (Lipinski definition) is 4. The summed E-state index contributed by atoms with van der Waals surface area (Å²) >= 11 is 12.5. The minimum absolute atomic E-state index is 0.0105. The van der Waals surface area contributed by atoms with E-state index in [2.05, 4.69) is 68.3 Å². The van der Waals surface area contributed by atoms with E-state index < -0.39 is 18.0 Å². The van der Waals surface area contributed by atoms with E-state index in [4.69, 9.17) is 42.4 Å². The molecule has 0 bridgehead atoms. The molecule has 8 atom stereocenters. The number of carbonyl (C=O) groups is 1. The van der Waals surface area contributed by atoms with Gasteiger partial charge in [0.05, 0.1) is 53.2 Å². The van der Waals surface area contributed by atoms with Gasteiger partial charge in [0.15, 0.2) is 5.79 Å². The van der Waals surface area contributed by atoms with Gasteiger partial charge in [0, 0.05) is 49.0 Å². The molecule has 75 heavy (non-hydrogen) atoms. The molecule has 386 valence electrons. The van der Waals surface area contributed by atoms with Crippen LogP contribution in [0, 0.1) is 11.8 Å². The first-order chi connectivity index (χ1) is 36.3. The normalized spacial score (nSPS) is 22.9. The number of nitrogens with zero attached hydrogens (tertiary/aromatic N) is 10. The van der Waals surface area contributed by atoms with E-state index in [1.807, 2.05) is 91.6 Å². The Hall–Kier alpha value is -6.93. The van der Waals surface area contributed by atoms with Crippen molar-refractivity contribution < 1.29 is 29.2 Å². The minimum Gasteiger partial charge on any atom is -0.497 e. The minimum atomic E-state index is -0.899. The van der Waals surface area contributed by atoms with Crippen LogP contribution in [0.15, 0.2) is 110 Å².